The van der Waals surface area contributed by atoms with Crippen molar-refractivity contribution in [2.24, 2.45) is 5.92 Å². The van der Waals surface area contributed by atoms with E-state index in [1.165, 1.54) is 12.0 Å². The Morgan fingerprint density at radius 2 is 2.10 bits per heavy atom. The van der Waals surface area contributed by atoms with Gasteiger partial charge in [-0.15, -0.1) is 0 Å². The quantitative estimate of drug-likeness (QED) is 0.737. The molecule has 112 valence electrons. The molecular weight excluding hydrogens is 250 g/mol. The van der Waals surface area contributed by atoms with E-state index in [1.54, 1.807) is 0 Å². The average Bonchev–Trinajstić information content (AvgIpc) is 3.00. The molecule has 20 heavy (non-hydrogen) atoms. The molecule has 1 fully saturated rings. The molecule has 1 aromatic rings. The molecule has 3 nitrogen and oxygen atoms in total. The molecule has 1 saturated heterocycles. The first-order valence-electron chi connectivity index (χ1n) is 7.89. The lowest BCUT2D eigenvalue weighted by molar-refractivity contribution is 0.177. The topological polar surface area (TPSA) is 30.5 Å². The summed E-state index contributed by atoms with van der Waals surface area (Å²) in [6.07, 6.45) is 3.43. The van der Waals surface area contributed by atoms with E-state index >= 15 is 0 Å². The van der Waals surface area contributed by atoms with Gasteiger partial charge in [0.05, 0.1) is 13.2 Å². The number of unbranched alkanes of at least 4 members (excludes halogenated alkanes) is 1. The standard InChI is InChI=1S/C17H27NO2/c1-3-5-11-20-16-8-6-14(7-9-16)17(18-4-2)15-10-12-19-13-15/h6-9,15,17-18H,3-5,10-13H2,1-2H3. The Morgan fingerprint density at radius 1 is 1.30 bits per heavy atom. The lowest BCUT2D eigenvalue weighted by atomic mass is 9.92. The van der Waals surface area contributed by atoms with E-state index in [2.05, 4.69) is 43.4 Å². The number of hydrogen-bond donors (Lipinski definition) is 1. The highest BCUT2D eigenvalue weighted by atomic mass is 16.5. The van der Waals surface area contributed by atoms with Gasteiger partial charge in [0, 0.05) is 18.6 Å². The van der Waals surface area contributed by atoms with Crippen LogP contribution in [-0.4, -0.2) is 26.4 Å². The van der Waals surface area contributed by atoms with Gasteiger partial charge in [0.15, 0.2) is 0 Å². The third-order valence-electron chi connectivity index (χ3n) is 3.87. The van der Waals surface area contributed by atoms with E-state index in [0.717, 1.165) is 45.0 Å². The van der Waals surface area contributed by atoms with Crippen LogP contribution in [0.15, 0.2) is 24.3 Å². The molecule has 1 aliphatic rings. The molecule has 1 heterocycles. The minimum Gasteiger partial charge on any atom is -0.494 e. The summed E-state index contributed by atoms with van der Waals surface area (Å²) in [6, 6.07) is 8.95. The fraction of sp³-hybridized carbons (Fsp3) is 0.647. The second-order valence-electron chi connectivity index (χ2n) is 5.43. The number of hydrogen-bond acceptors (Lipinski definition) is 3. The largest absolute Gasteiger partial charge is 0.494 e. The van der Waals surface area contributed by atoms with Crippen molar-refractivity contribution >= 4 is 0 Å². The predicted molar refractivity (Wildman–Crippen MR) is 82.2 cm³/mol. The van der Waals surface area contributed by atoms with Gasteiger partial charge in [-0.05, 0) is 37.1 Å². The third-order valence-corrected chi connectivity index (χ3v) is 3.87. The maximum absolute atomic E-state index is 5.72. The molecule has 1 aromatic carbocycles. The molecule has 0 aromatic heterocycles. The van der Waals surface area contributed by atoms with Gasteiger partial charge in [0.25, 0.3) is 0 Å². The van der Waals surface area contributed by atoms with E-state index in [-0.39, 0.29) is 0 Å². The molecule has 2 unspecified atom stereocenters. The van der Waals surface area contributed by atoms with Gasteiger partial charge in [-0.1, -0.05) is 32.4 Å². The summed E-state index contributed by atoms with van der Waals surface area (Å²) in [5, 5.41) is 3.59. The Hall–Kier alpha value is -1.06. The molecule has 0 radical (unpaired) electrons. The Morgan fingerprint density at radius 3 is 2.70 bits per heavy atom. The van der Waals surface area contributed by atoms with Crippen molar-refractivity contribution in [3.05, 3.63) is 29.8 Å². The summed E-state index contributed by atoms with van der Waals surface area (Å²) in [4.78, 5) is 0. The third kappa shape index (κ3) is 4.22. The van der Waals surface area contributed by atoms with E-state index in [9.17, 15) is 0 Å². The van der Waals surface area contributed by atoms with Gasteiger partial charge in [-0.2, -0.15) is 0 Å². The van der Waals surface area contributed by atoms with Crippen LogP contribution in [0.1, 0.15) is 44.7 Å². The zero-order chi connectivity index (χ0) is 14.2. The molecule has 2 atom stereocenters. The van der Waals surface area contributed by atoms with Gasteiger partial charge >= 0.3 is 0 Å². The van der Waals surface area contributed by atoms with Crippen molar-refractivity contribution in [1.82, 2.24) is 5.32 Å². The van der Waals surface area contributed by atoms with Crippen LogP contribution in [0.4, 0.5) is 0 Å². The van der Waals surface area contributed by atoms with Crippen LogP contribution in [0.3, 0.4) is 0 Å². The van der Waals surface area contributed by atoms with Crippen LogP contribution in [0.25, 0.3) is 0 Å². The Bertz CT molecular complexity index is 371. The molecule has 1 N–H and O–H groups in total. The highest BCUT2D eigenvalue weighted by Gasteiger charge is 2.26. The van der Waals surface area contributed by atoms with Crippen molar-refractivity contribution in [2.45, 2.75) is 39.2 Å². The van der Waals surface area contributed by atoms with Crippen LogP contribution >= 0.6 is 0 Å². The molecule has 0 spiro atoms. The molecule has 0 aliphatic carbocycles. The fourth-order valence-electron chi connectivity index (χ4n) is 2.70. The lowest BCUT2D eigenvalue weighted by Crippen LogP contribution is -2.28. The van der Waals surface area contributed by atoms with E-state index < -0.39 is 0 Å². The normalized spacial score (nSPS) is 20.0. The molecule has 0 bridgehead atoms. The number of nitrogens with one attached hydrogen (secondary N) is 1. The van der Waals surface area contributed by atoms with Gasteiger partial charge in [-0.3, -0.25) is 0 Å². The maximum Gasteiger partial charge on any atom is 0.119 e. The summed E-state index contributed by atoms with van der Waals surface area (Å²) in [5.74, 6) is 1.56. The first kappa shape index (κ1) is 15.3. The van der Waals surface area contributed by atoms with E-state index in [1.807, 2.05) is 0 Å². The highest BCUT2D eigenvalue weighted by Crippen LogP contribution is 2.29. The fourth-order valence-corrected chi connectivity index (χ4v) is 2.70. The first-order chi connectivity index (χ1) is 9.85. The summed E-state index contributed by atoms with van der Waals surface area (Å²) in [7, 11) is 0. The van der Waals surface area contributed by atoms with Crippen molar-refractivity contribution in [3.8, 4) is 5.75 Å². The molecule has 2 rings (SSSR count). The van der Waals surface area contributed by atoms with Crippen LogP contribution in [-0.2, 0) is 4.74 Å². The Balaban J connectivity index is 1.98. The van der Waals surface area contributed by atoms with Crippen molar-refractivity contribution < 1.29 is 9.47 Å². The Labute approximate surface area is 122 Å². The molecule has 3 heteroatoms. The lowest BCUT2D eigenvalue weighted by Gasteiger charge is -2.24. The second-order valence-corrected chi connectivity index (χ2v) is 5.43. The monoisotopic (exact) mass is 277 g/mol. The van der Waals surface area contributed by atoms with Gasteiger partial charge < -0.3 is 14.8 Å². The zero-order valence-corrected chi connectivity index (χ0v) is 12.7. The van der Waals surface area contributed by atoms with Crippen LogP contribution in [0, 0.1) is 5.92 Å². The van der Waals surface area contributed by atoms with Crippen molar-refractivity contribution in [1.29, 1.82) is 0 Å². The van der Waals surface area contributed by atoms with Crippen LogP contribution in [0.5, 0.6) is 5.75 Å². The highest BCUT2D eigenvalue weighted by molar-refractivity contribution is 5.29. The van der Waals surface area contributed by atoms with Crippen molar-refractivity contribution in [3.63, 3.8) is 0 Å². The van der Waals surface area contributed by atoms with Crippen LogP contribution in [0.2, 0.25) is 0 Å². The summed E-state index contributed by atoms with van der Waals surface area (Å²) >= 11 is 0. The molecule has 0 saturated carbocycles. The molecular formula is C17H27NO2. The van der Waals surface area contributed by atoms with Gasteiger partial charge in [0.2, 0.25) is 0 Å². The zero-order valence-electron chi connectivity index (χ0n) is 12.7. The smallest absolute Gasteiger partial charge is 0.119 e. The average molecular weight is 277 g/mol. The minimum absolute atomic E-state index is 0.396. The van der Waals surface area contributed by atoms with Gasteiger partial charge in [-0.25, -0.2) is 0 Å². The van der Waals surface area contributed by atoms with Gasteiger partial charge in [0.1, 0.15) is 5.75 Å². The predicted octanol–water partition coefficient (Wildman–Crippen LogP) is 3.55. The SMILES string of the molecule is CCCCOc1ccc(C(NCC)C2CCOC2)cc1. The summed E-state index contributed by atoms with van der Waals surface area (Å²) < 4.78 is 11.3. The molecule has 1 aliphatic heterocycles. The second kappa shape index (κ2) is 8.28. The minimum atomic E-state index is 0.396. The van der Waals surface area contributed by atoms with Crippen LogP contribution < -0.4 is 10.1 Å². The molecule has 0 amide bonds. The first-order valence-corrected chi connectivity index (χ1v) is 7.89. The summed E-state index contributed by atoms with van der Waals surface area (Å²) in [6.45, 7) is 7.89. The van der Waals surface area contributed by atoms with Crippen molar-refractivity contribution in [2.75, 3.05) is 26.4 Å². The van der Waals surface area contributed by atoms with E-state index in [0.29, 0.717) is 12.0 Å². The number of ether oxygens (including phenoxy) is 2. The number of benzene rings is 1. The Kier molecular flexibility index (Phi) is 6.34. The maximum atomic E-state index is 5.72. The number of rotatable bonds is 8. The van der Waals surface area contributed by atoms with E-state index in [4.69, 9.17) is 9.47 Å². The summed E-state index contributed by atoms with van der Waals surface area (Å²) in [5.41, 5.74) is 1.34.